The Morgan fingerprint density at radius 2 is 1.76 bits per heavy atom. The predicted octanol–water partition coefficient (Wildman–Crippen LogP) is 2.85. The molecule has 0 spiro atoms. The van der Waals surface area contributed by atoms with Crippen molar-refractivity contribution in [3.8, 4) is 0 Å². The van der Waals surface area contributed by atoms with Gasteiger partial charge >= 0.3 is 6.18 Å². The maximum atomic E-state index is 13.1. The van der Waals surface area contributed by atoms with Gasteiger partial charge in [0.2, 0.25) is 11.8 Å². The highest BCUT2D eigenvalue weighted by Gasteiger charge is 2.43. The molecule has 3 N–H and O–H groups in total. The van der Waals surface area contributed by atoms with E-state index in [4.69, 9.17) is 0 Å². The first kappa shape index (κ1) is 26.0. The minimum Gasteiger partial charge on any atom is -0.351 e. The molecule has 1 aliphatic heterocycles. The first-order valence-corrected chi connectivity index (χ1v) is 11.6. The summed E-state index contributed by atoms with van der Waals surface area (Å²) in [5.41, 5.74) is -1.15. The van der Waals surface area contributed by atoms with Crippen molar-refractivity contribution in [3.63, 3.8) is 0 Å². The Balaban J connectivity index is 1.67. The van der Waals surface area contributed by atoms with Gasteiger partial charge < -0.3 is 20.9 Å². The first-order valence-electron chi connectivity index (χ1n) is 11.6. The Morgan fingerprint density at radius 3 is 2.38 bits per heavy atom. The highest BCUT2D eigenvalue weighted by molar-refractivity contribution is 5.98. The fourth-order valence-electron chi connectivity index (χ4n) is 4.93. The number of nitrogens with one attached hydrogen (secondary N) is 3. The van der Waals surface area contributed by atoms with Crippen LogP contribution in [0, 0.1) is 0 Å². The van der Waals surface area contributed by atoms with Gasteiger partial charge in [0, 0.05) is 30.6 Å². The molecule has 4 atom stereocenters. The first-order chi connectivity index (χ1) is 15.7. The average Bonchev–Trinajstić information content (AvgIpc) is 3.06. The van der Waals surface area contributed by atoms with E-state index >= 15 is 0 Å². The maximum Gasteiger partial charge on any atom is 0.416 e. The smallest absolute Gasteiger partial charge is 0.351 e. The summed E-state index contributed by atoms with van der Waals surface area (Å²) < 4.78 is 38.9. The van der Waals surface area contributed by atoms with Gasteiger partial charge in [-0.25, -0.2) is 0 Å². The summed E-state index contributed by atoms with van der Waals surface area (Å²) in [4.78, 5) is 39.3. The topological polar surface area (TPSA) is 90.5 Å². The third-order valence-electron chi connectivity index (χ3n) is 6.24. The number of hydrogen-bond acceptors (Lipinski definition) is 4. The van der Waals surface area contributed by atoms with E-state index < -0.39 is 23.7 Å². The molecule has 10 heteroatoms. The highest BCUT2D eigenvalue weighted by Crippen LogP contribution is 2.30. The second kappa shape index (κ2) is 9.93. The minimum atomic E-state index is -4.56. The monoisotopic (exact) mass is 482 g/mol. The molecular weight excluding hydrogens is 449 g/mol. The normalized spacial score (nSPS) is 25.9. The Morgan fingerprint density at radius 1 is 1.06 bits per heavy atom. The van der Waals surface area contributed by atoms with Gasteiger partial charge in [-0.05, 0) is 64.7 Å². The number of rotatable bonds is 5. The summed E-state index contributed by atoms with van der Waals surface area (Å²) in [7, 11) is 0. The molecule has 0 aromatic heterocycles. The molecule has 0 bridgehead atoms. The zero-order chi connectivity index (χ0) is 25.3. The molecule has 0 unspecified atom stereocenters. The van der Waals surface area contributed by atoms with E-state index in [-0.39, 0.29) is 41.0 Å². The molecule has 2 fully saturated rings. The van der Waals surface area contributed by atoms with Crippen LogP contribution in [0.25, 0.3) is 0 Å². The van der Waals surface area contributed by atoms with Crippen molar-refractivity contribution >= 4 is 17.7 Å². The SMILES string of the molecule is CC(=O)N[C@@H]1C[C@H](NC(C)(C)C)CC[C@@H]1N1CC[C@H](NC(=O)c2cccc(C(F)(F)F)c2)C1=O. The van der Waals surface area contributed by atoms with E-state index in [1.54, 1.807) is 4.90 Å². The van der Waals surface area contributed by atoms with Crippen LogP contribution in [0.4, 0.5) is 13.2 Å². The largest absolute Gasteiger partial charge is 0.416 e. The molecule has 0 radical (unpaired) electrons. The minimum absolute atomic E-state index is 0.0828. The third kappa shape index (κ3) is 6.49. The molecule has 1 aliphatic carbocycles. The summed E-state index contributed by atoms with van der Waals surface area (Å²) in [6, 6.07) is 3.08. The Bertz CT molecular complexity index is 929. The number of halogens is 3. The van der Waals surface area contributed by atoms with E-state index in [0.29, 0.717) is 25.8 Å². The van der Waals surface area contributed by atoms with Crippen LogP contribution in [0.15, 0.2) is 24.3 Å². The molecule has 1 aromatic rings. The molecule has 3 amide bonds. The fraction of sp³-hybridized carbons (Fsp3) is 0.625. The van der Waals surface area contributed by atoms with E-state index in [2.05, 4.69) is 36.7 Å². The number of carbonyl (C=O) groups is 3. The van der Waals surface area contributed by atoms with Crippen molar-refractivity contribution in [2.45, 2.75) is 89.3 Å². The van der Waals surface area contributed by atoms with Gasteiger partial charge in [-0.3, -0.25) is 14.4 Å². The average molecular weight is 483 g/mol. The van der Waals surface area contributed by atoms with Gasteiger partial charge in [0.1, 0.15) is 6.04 Å². The van der Waals surface area contributed by atoms with Crippen LogP contribution >= 0.6 is 0 Å². The summed E-state index contributed by atoms with van der Waals surface area (Å²) in [5, 5.41) is 9.13. The second-order valence-electron chi connectivity index (χ2n) is 10.2. The van der Waals surface area contributed by atoms with Crippen LogP contribution in [0.2, 0.25) is 0 Å². The zero-order valence-electron chi connectivity index (χ0n) is 20.0. The van der Waals surface area contributed by atoms with Crippen LogP contribution in [0.5, 0.6) is 0 Å². The molecule has 1 aromatic carbocycles. The van der Waals surface area contributed by atoms with Gasteiger partial charge in [-0.2, -0.15) is 13.2 Å². The number of amides is 3. The summed E-state index contributed by atoms with van der Waals surface area (Å²) in [5.74, 6) is -1.17. The third-order valence-corrected chi connectivity index (χ3v) is 6.24. The second-order valence-corrected chi connectivity index (χ2v) is 10.2. The molecule has 1 saturated carbocycles. The van der Waals surface area contributed by atoms with E-state index in [1.807, 2.05) is 0 Å². The van der Waals surface area contributed by atoms with Crippen molar-refractivity contribution in [1.29, 1.82) is 0 Å². The molecule has 1 heterocycles. The van der Waals surface area contributed by atoms with Crippen LogP contribution in [-0.2, 0) is 15.8 Å². The summed E-state index contributed by atoms with van der Waals surface area (Å²) in [6.45, 7) is 8.09. The van der Waals surface area contributed by atoms with Crippen LogP contribution < -0.4 is 16.0 Å². The van der Waals surface area contributed by atoms with Gasteiger partial charge in [-0.15, -0.1) is 0 Å². The lowest BCUT2D eigenvalue weighted by Crippen LogP contribution is -2.59. The number of hydrogen-bond donors (Lipinski definition) is 3. The lowest BCUT2D eigenvalue weighted by Gasteiger charge is -2.43. The van der Waals surface area contributed by atoms with Gasteiger partial charge in [0.05, 0.1) is 17.6 Å². The van der Waals surface area contributed by atoms with Gasteiger partial charge in [0.25, 0.3) is 5.91 Å². The van der Waals surface area contributed by atoms with Gasteiger partial charge in [0.15, 0.2) is 0 Å². The molecule has 7 nitrogen and oxygen atoms in total. The lowest BCUT2D eigenvalue weighted by molar-refractivity contribution is -0.137. The quantitative estimate of drug-likeness (QED) is 0.602. The van der Waals surface area contributed by atoms with Gasteiger partial charge in [-0.1, -0.05) is 6.07 Å². The molecule has 3 rings (SSSR count). The van der Waals surface area contributed by atoms with Crippen LogP contribution in [0.1, 0.15) is 69.3 Å². The van der Waals surface area contributed by atoms with E-state index in [1.165, 1.54) is 19.1 Å². The number of alkyl halides is 3. The van der Waals surface area contributed by atoms with E-state index in [9.17, 15) is 27.6 Å². The van der Waals surface area contributed by atoms with Crippen LogP contribution in [0.3, 0.4) is 0 Å². The predicted molar refractivity (Wildman–Crippen MR) is 121 cm³/mol. The molecule has 2 aliphatic rings. The lowest BCUT2D eigenvalue weighted by atomic mass is 9.84. The van der Waals surface area contributed by atoms with Crippen LogP contribution in [-0.4, -0.2) is 58.9 Å². The van der Waals surface area contributed by atoms with E-state index in [0.717, 1.165) is 18.6 Å². The fourth-order valence-corrected chi connectivity index (χ4v) is 4.93. The Kier molecular flexibility index (Phi) is 7.59. The van der Waals surface area contributed by atoms with Crippen molar-refractivity contribution < 1.29 is 27.6 Å². The number of carbonyl (C=O) groups excluding carboxylic acids is 3. The summed E-state index contributed by atoms with van der Waals surface area (Å²) >= 11 is 0. The number of benzene rings is 1. The zero-order valence-corrected chi connectivity index (χ0v) is 20.0. The molecule has 188 valence electrons. The maximum absolute atomic E-state index is 13.1. The van der Waals surface area contributed by atoms with Crippen molar-refractivity contribution in [3.05, 3.63) is 35.4 Å². The molecule has 34 heavy (non-hydrogen) atoms. The standard InChI is InChI=1S/C24H33F3N4O3/c1-14(32)28-19-13-17(30-23(2,3)4)8-9-20(19)31-11-10-18(22(31)34)29-21(33)15-6-5-7-16(12-15)24(25,26)27/h5-7,12,17-20,30H,8-11,13H2,1-4H3,(H,28,32)(H,29,33)/t17-,18+,19-,20+/m1/s1. The number of likely N-dealkylation sites (tertiary alicyclic amines) is 1. The molecule has 1 saturated heterocycles. The number of nitrogens with zero attached hydrogens (tertiary/aromatic N) is 1. The Labute approximate surface area is 197 Å². The summed E-state index contributed by atoms with van der Waals surface area (Å²) in [6.07, 6.45) is -2.00. The molecular formula is C24H33F3N4O3. The highest BCUT2D eigenvalue weighted by atomic mass is 19.4. The van der Waals surface area contributed by atoms with Crippen molar-refractivity contribution in [2.24, 2.45) is 0 Å². The Hall–Kier alpha value is -2.62. The van der Waals surface area contributed by atoms with Crippen molar-refractivity contribution in [1.82, 2.24) is 20.9 Å². The van der Waals surface area contributed by atoms with Crippen molar-refractivity contribution in [2.75, 3.05) is 6.54 Å².